The molecule has 0 heterocycles. The minimum Gasteiger partial charge on any atom is -0.481 e. The molecule has 4 aliphatic carbocycles. The summed E-state index contributed by atoms with van der Waals surface area (Å²) in [7, 11) is 0. The first-order valence-electron chi connectivity index (χ1n) is 11.2. The van der Waals surface area contributed by atoms with Gasteiger partial charge in [-0.15, -0.1) is 0 Å². The monoisotopic (exact) mass is 376 g/mol. The first kappa shape index (κ1) is 19.4. The second-order valence-electron chi connectivity index (χ2n) is 10.5. The van der Waals surface area contributed by atoms with Crippen molar-refractivity contribution in [3.63, 3.8) is 0 Å². The minimum absolute atomic E-state index is 0.194. The maximum atomic E-state index is 13.5. The van der Waals surface area contributed by atoms with Gasteiger partial charge in [-0.05, 0) is 80.0 Å². The molecular formula is C23H36O4. The van der Waals surface area contributed by atoms with E-state index in [0.717, 1.165) is 25.7 Å². The molecule has 8 atom stereocenters. The van der Waals surface area contributed by atoms with Crippen LogP contribution in [0.4, 0.5) is 0 Å². The lowest BCUT2D eigenvalue weighted by atomic mass is 9.44. The lowest BCUT2D eigenvalue weighted by Gasteiger charge is -2.61. The number of carboxylic acid groups (broad SMARTS) is 1. The SMILES string of the molecule is CC12CCCCC1CC(O)C1C2CC(=O)C2(C)C(CCCC(=O)O)CCC12. The van der Waals surface area contributed by atoms with Crippen LogP contribution in [-0.2, 0) is 9.59 Å². The number of hydrogen-bond donors (Lipinski definition) is 2. The van der Waals surface area contributed by atoms with Crippen molar-refractivity contribution in [1.29, 1.82) is 0 Å². The van der Waals surface area contributed by atoms with Crippen LogP contribution in [0.15, 0.2) is 0 Å². The molecule has 4 rings (SSSR count). The summed E-state index contributed by atoms with van der Waals surface area (Å²) in [5.74, 6) is 1.42. The van der Waals surface area contributed by atoms with Gasteiger partial charge in [0.15, 0.2) is 0 Å². The van der Waals surface area contributed by atoms with Crippen molar-refractivity contribution >= 4 is 11.8 Å². The summed E-state index contributed by atoms with van der Waals surface area (Å²) in [5, 5.41) is 20.1. The summed E-state index contributed by atoms with van der Waals surface area (Å²) in [4.78, 5) is 24.4. The van der Waals surface area contributed by atoms with Crippen LogP contribution in [0.25, 0.3) is 0 Å². The number of hydrogen-bond acceptors (Lipinski definition) is 3. The lowest BCUT2D eigenvalue weighted by Crippen LogP contribution is -2.60. The summed E-state index contributed by atoms with van der Waals surface area (Å²) in [6, 6.07) is 0. The van der Waals surface area contributed by atoms with Crippen LogP contribution < -0.4 is 0 Å². The van der Waals surface area contributed by atoms with Crippen molar-refractivity contribution in [3.8, 4) is 0 Å². The Labute approximate surface area is 163 Å². The molecule has 0 saturated heterocycles. The highest BCUT2D eigenvalue weighted by molar-refractivity contribution is 5.87. The molecule has 0 bridgehead atoms. The standard InChI is InChI=1S/C23H36O4/c1-22-11-4-3-6-15(22)12-18(24)21-16-10-9-14(7-5-8-20(26)27)23(16,2)19(25)13-17(21)22/h14-18,21,24H,3-13H2,1-2H3,(H,26,27). The second-order valence-corrected chi connectivity index (χ2v) is 10.5. The second kappa shape index (κ2) is 6.86. The van der Waals surface area contributed by atoms with Crippen molar-refractivity contribution in [1.82, 2.24) is 0 Å². The number of aliphatic carboxylic acids is 1. The van der Waals surface area contributed by atoms with Crippen molar-refractivity contribution in [3.05, 3.63) is 0 Å². The van der Waals surface area contributed by atoms with Gasteiger partial charge in [0, 0.05) is 18.3 Å². The highest BCUT2D eigenvalue weighted by Crippen LogP contribution is 2.66. The van der Waals surface area contributed by atoms with E-state index in [1.165, 1.54) is 25.7 Å². The number of Topliss-reactive ketones (excluding diaryl/α,β-unsaturated/α-hetero) is 1. The highest BCUT2D eigenvalue weighted by atomic mass is 16.4. The quantitative estimate of drug-likeness (QED) is 0.761. The van der Waals surface area contributed by atoms with Gasteiger partial charge in [0.05, 0.1) is 6.10 Å². The number of ketones is 1. The van der Waals surface area contributed by atoms with Gasteiger partial charge in [-0.3, -0.25) is 9.59 Å². The van der Waals surface area contributed by atoms with Gasteiger partial charge in [-0.2, -0.15) is 0 Å². The van der Waals surface area contributed by atoms with E-state index in [0.29, 0.717) is 36.4 Å². The lowest BCUT2D eigenvalue weighted by molar-refractivity contribution is -0.175. The Balaban J connectivity index is 1.59. The van der Waals surface area contributed by atoms with Gasteiger partial charge >= 0.3 is 5.97 Å². The number of carboxylic acids is 1. The molecule has 0 aromatic rings. The Morgan fingerprint density at radius 3 is 2.67 bits per heavy atom. The molecule has 27 heavy (non-hydrogen) atoms. The number of aliphatic hydroxyl groups is 1. The number of fused-ring (bicyclic) bond motifs is 5. The van der Waals surface area contributed by atoms with E-state index in [9.17, 15) is 14.7 Å². The molecule has 0 aromatic heterocycles. The molecule has 8 unspecified atom stereocenters. The zero-order valence-corrected chi connectivity index (χ0v) is 17.0. The highest BCUT2D eigenvalue weighted by Gasteiger charge is 2.64. The molecule has 0 radical (unpaired) electrons. The molecular weight excluding hydrogens is 340 g/mol. The van der Waals surface area contributed by atoms with Gasteiger partial charge in [0.25, 0.3) is 0 Å². The van der Waals surface area contributed by atoms with Crippen molar-refractivity contribution in [2.24, 2.45) is 40.4 Å². The summed E-state index contributed by atoms with van der Waals surface area (Å²) in [6.07, 6.45) is 9.98. The molecule has 4 aliphatic rings. The van der Waals surface area contributed by atoms with Crippen molar-refractivity contribution in [2.75, 3.05) is 0 Å². The number of carbonyl (C=O) groups is 2. The van der Waals surface area contributed by atoms with Crippen molar-refractivity contribution in [2.45, 2.75) is 90.6 Å². The molecule has 4 heteroatoms. The molecule has 0 spiro atoms. The van der Waals surface area contributed by atoms with E-state index in [2.05, 4.69) is 13.8 Å². The minimum atomic E-state index is -0.747. The van der Waals surface area contributed by atoms with E-state index in [1.807, 2.05) is 0 Å². The summed E-state index contributed by atoms with van der Waals surface area (Å²) >= 11 is 0. The topological polar surface area (TPSA) is 74.6 Å². The third-order valence-electron chi connectivity index (χ3n) is 9.59. The number of aliphatic hydroxyl groups excluding tert-OH is 1. The number of rotatable bonds is 4. The fourth-order valence-corrected chi connectivity index (χ4v) is 8.05. The molecule has 4 saturated carbocycles. The van der Waals surface area contributed by atoms with Gasteiger partial charge in [0.2, 0.25) is 0 Å². The van der Waals surface area contributed by atoms with Crippen LogP contribution in [0.5, 0.6) is 0 Å². The van der Waals surface area contributed by atoms with Gasteiger partial charge < -0.3 is 10.2 Å². The van der Waals surface area contributed by atoms with Crippen LogP contribution in [0.3, 0.4) is 0 Å². The van der Waals surface area contributed by atoms with E-state index in [-0.39, 0.29) is 35.2 Å². The molecule has 0 amide bonds. The van der Waals surface area contributed by atoms with E-state index in [4.69, 9.17) is 5.11 Å². The summed E-state index contributed by atoms with van der Waals surface area (Å²) < 4.78 is 0. The molecule has 2 N–H and O–H groups in total. The first-order chi connectivity index (χ1) is 12.8. The van der Waals surface area contributed by atoms with Crippen LogP contribution in [0.2, 0.25) is 0 Å². The van der Waals surface area contributed by atoms with E-state index in [1.54, 1.807) is 0 Å². The molecule has 152 valence electrons. The number of carbonyl (C=O) groups excluding carboxylic acids is 1. The van der Waals surface area contributed by atoms with Crippen LogP contribution in [0.1, 0.15) is 84.5 Å². The Hall–Kier alpha value is -0.900. The fraction of sp³-hybridized carbons (Fsp3) is 0.913. The average Bonchev–Trinajstić information content (AvgIpc) is 2.94. The normalized spacial score (nSPS) is 49.2. The predicted molar refractivity (Wildman–Crippen MR) is 103 cm³/mol. The Bertz CT molecular complexity index is 615. The average molecular weight is 377 g/mol. The Morgan fingerprint density at radius 1 is 1.15 bits per heavy atom. The Kier molecular flexibility index (Phi) is 4.93. The van der Waals surface area contributed by atoms with Crippen LogP contribution >= 0.6 is 0 Å². The van der Waals surface area contributed by atoms with Gasteiger partial charge in [0.1, 0.15) is 5.78 Å². The van der Waals surface area contributed by atoms with E-state index < -0.39 is 5.97 Å². The van der Waals surface area contributed by atoms with Crippen LogP contribution in [0, 0.1) is 40.4 Å². The van der Waals surface area contributed by atoms with E-state index >= 15 is 0 Å². The molecule has 0 aliphatic heterocycles. The third kappa shape index (κ3) is 2.89. The maximum absolute atomic E-state index is 13.5. The van der Waals surface area contributed by atoms with Gasteiger partial charge in [-0.25, -0.2) is 0 Å². The predicted octanol–water partition coefficient (Wildman–Crippen LogP) is 4.44. The zero-order valence-electron chi connectivity index (χ0n) is 17.0. The summed E-state index contributed by atoms with van der Waals surface area (Å²) in [5.41, 5.74) is -0.126. The third-order valence-corrected chi connectivity index (χ3v) is 9.59. The zero-order chi connectivity index (χ0) is 19.4. The largest absolute Gasteiger partial charge is 0.481 e. The summed E-state index contributed by atoms with van der Waals surface area (Å²) in [6.45, 7) is 4.56. The molecule has 0 aromatic carbocycles. The van der Waals surface area contributed by atoms with Crippen LogP contribution in [-0.4, -0.2) is 28.1 Å². The van der Waals surface area contributed by atoms with Gasteiger partial charge in [-0.1, -0.05) is 26.7 Å². The Morgan fingerprint density at radius 2 is 1.93 bits per heavy atom. The maximum Gasteiger partial charge on any atom is 0.303 e. The van der Waals surface area contributed by atoms with Crippen molar-refractivity contribution < 1.29 is 19.8 Å². The fourth-order valence-electron chi connectivity index (χ4n) is 8.05. The first-order valence-corrected chi connectivity index (χ1v) is 11.2. The molecule has 4 nitrogen and oxygen atoms in total. The smallest absolute Gasteiger partial charge is 0.303 e. The molecule has 4 fully saturated rings.